The predicted molar refractivity (Wildman–Crippen MR) is 64.1 cm³/mol. The fourth-order valence-corrected chi connectivity index (χ4v) is 1.66. The number of nitrogens with one attached hydrogen (secondary N) is 1. The number of benzene rings is 1. The molecule has 2 aromatic rings. The highest BCUT2D eigenvalue weighted by Crippen LogP contribution is 2.13. The molecule has 0 saturated carbocycles. The van der Waals surface area contributed by atoms with E-state index in [-0.39, 0.29) is 5.69 Å². The number of rotatable bonds is 3. The number of primary amides is 1. The van der Waals surface area contributed by atoms with Crippen LogP contribution in [0.1, 0.15) is 21.7 Å². The molecular weight excluding hydrogens is 270 g/mol. The van der Waals surface area contributed by atoms with Gasteiger partial charge >= 0.3 is 0 Å². The summed E-state index contributed by atoms with van der Waals surface area (Å²) in [5, 5.41) is 6.61. The maximum absolute atomic E-state index is 10.8. The Morgan fingerprint density at radius 3 is 2.62 bits per heavy atom. The Hall–Kier alpha value is -1.62. The quantitative estimate of drug-likeness (QED) is 0.900. The molecule has 0 aliphatic heterocycles. The zero-order valence-corrected chi connectivity index (χ0v) is 9.99. The fourth-order valence-electron chi connectivity index (χ4n) is 1.40. The summed E-state index contributed by atoms with van der Waals surface area (Å²) in [5.41, 5.74) is 7.40. The molecule has 1 aromatic carbocycles. The third kappa shape index (κ3) is 2.49. The molecule has 0 atom stereocenters. The van der Waals surface area contributed by atoms with Crippen molar-refractivity contribution >= 4 is 21.8 Å². The molecule has 0 aliphatic rings. The highest BCUT2D eigenvalue weighted by molar-refractivity contribution is 9.10. The molecular formula is C11H10BrN3O. The van der Waals surface area contributed by atoms with Gasteiger partial charge in [0.25, 0.3) is 5.91 Å². The molecule has 2 rings (SSSR count). The average Bonchev–Trinajstić information content (AvgIpc) is 2.70. The number of carbonyl (C=O) groups excluding carboxylic acids is 1. The average molecular weight is 280 g/mol. The number of nitrogens with two attached hydrogens (primary N) is 1. The van der Waals surface area contributed by atoms with E-state index in [9.17, 15) is 4.79 Å². The van der Waals surface area contributed by atoms with Crippen molar-refractivity contribution in [2.75, 3.05) is 0 Å². The van der Waals surface area contributed by atoms with Crippen molar-refractivity contribution in [2.45, 2.75) is 6.42 Å². The predicted octanol–water partition coefficient (Wildman–Crippen LogP) is 1.86. The molecule has 0 unspecified atom stereocenters. The van der Waals surface area contributed by atoms with Crippen molar-refractivity contribution in [1.82, 2.24) is 10.2 Å². The van der Waals surface area contributed by atoms with Crippen LogP contribution < -0.4 is 5.73 Å². The molecule has 0 saturated heterocycles. The number of aromatic nitrogens is 2. The molecule has 0 aliphatic carbocycles. The van der Waals surface area contributed by atoms with E-state index >= 15 is 0 Å². The largest absolute Gasteiger partial charge is 0.364 e. The summed E-state index contributed by atoms with van der Waals surface area (Å²) in [7, 11) is 0. The van der Waals surface area contributed by atoms with E-state index in [1.807, 2.05) is 24.3 Å². The van der Waals surface area contributed by atoms with Gasteiger partial charge in [-0.1, -0.05) is 28.1 Å². The second-order valence-electron chi connectivity index (χ2n) is 3.45. The molecule has 82 valence electrons. The van der Waals surface area contributed by atoms with Gasteiger partial charge in [0.05, 0.1) is 0 Å². The molecule has 1 heterocycles. The smallest absolute Gasteiger partial charge is 0.269 e. The molecule has 16 heavy (non-hydrogen) atoms. The van der Waals surface area contributed by atoms with Crippen LogP contribution in [-0.2, 0) is 6.42 Å². The molecule has 1 aromatic heterocycles. The summed E-state index contributed by atoms with van der Waals surface area (Å²) in [4.78, 5) is 10.8. The van der Waals surface area contributed by atoms with Gasteiger partial charge in [0.1, 0.15) is 5.69 Å². The van der Waals surface area contributed by atoms with Crippen molar-refractivity contribution < 1.29 is 4.79 Å². The van der Waals surface area contributed by atoms with E-state index in [0.29, 0.717) is 6.42 Å². The number of aromatic amines is 1. The summed E-state index contributed by atoms with van der Waals surface area (Å²) >= 11 is 3.37. The standard InChI is InChI=1S/C11H10BrN3O/c12-8-3-1-7(2-4-8)5-9-6-10(11(13)16)15-14-9/h1-4,6H,5H2,(H2,13,16)(H,14,15). The molecule has 1 amide bonds. The van der Waals surface area contributed by atoms with E-state index in [4.69, 9.17) is 5.73 Å². The van der Waals surface area contributed by atoms with Crippen LogP contribution in [0.2, 0.25) is 0 Å². The van der Waals surface area contributed by atoms with Gasteiger partial charge in [-0.3, -0.25) is 9.89 Å². The summed E-state index contributed by atoms with van der Waals surface area (Å²) in [6.07, 6.45) is 0.702. The summed E-state index contributed by atoms with van der Waals surface area (Å²) in [6.45, 7) is 0. The Labute approximate surface area is 101 Å². The third-order valence-corrected chi connectivity index (χ3v) is 2.72. The normalized spacial score (nSPS) is 10.3. The zero-order chi connectivity index (χ0) is 11.5. The number of hydrogen-bond acceptors (Lipinski definition) is 2. The molecule has 0 spiro atoms. The number of hydrogen-bond donors (Lipinski definition) is 2. The lowest BCUT2D eigenvalue weighted by atomic mass is 10.1. The Balaban J connectivity index is 2.14. The van der Waals surface area contributed by atoms with Crippen molar-refractivity contribution in [3.8, 4) is 0 Å². The molecule has 5 heteroatoms. The lowest BCUT2D eigenvalue weighted by Gasteiger charge is -1.98. The molecule has 0 fully saturated rings. The maximum Gasteiger partial charge on any atom is 0.269 e. The van der Waals surface area contributed by atoms with Gasteiger partial charge in [-0.15, -0.1) is 0 Å². The monoisotopic (exact) mass is 279 g/mol. The van der Waals surface area contributed by atoms with Crippen LogP contribution in [0.4, 0.5) is 0 Å². The van der Waals surface area contributed by atoms with Gasteiger partial charge in [0, 0.05) is 16.6 Å². The zero-order valence-electron chi connectivity index (χ0n) is 8.40. The lowest BCUT2D eigenvalue weighted by Crippen LogP contribution is -2.10. The van der Waals surface area contributed by atoms with Gasteiger partial charge in [0.2, 0.25) is 0 Å². The van der Waals surface area contributed by atoms with Gasteiger partial charge in [-0.25, -0.2) is 0 Å². The van der Waals surface area contributed by atoms with Crippen molar-refractivity contribution in [3.05, 3.63) is 51.8 Å². The molecule has 0 radical (unpaired) electrons. The first-order valence-corrected chi connectivity index (χ1v) is 5.53. The highest BCUT2D eigenvalue weighted by Gasteiger charge is 2.06. The second kappa shape index (κ2) is 4.49. The van der Waals surface area contributed by atoms with Crippen LogP contribution in [0.25, 0.3) is 0 Å². The number of carbonyl (C=O) groups is 1. The maximum atomic E-state index is 10.8. The van der Waals surface area contributed by atoms with Gasteiger partial charge in [-0.05, 0) is 23.8 Å². The van der Waals surface area contributed by atoms with Crippen molar-refractivity contribution in [3.63, 3.8) is 0 Å². The van der Waals surface area contributed by atoms with Gasteiger partial charge in [0.15, 0.2) is 0 Å². The molecule has 0 bridgehead atoms. The van der Waals surface area contributed by atoms with E-state index in [0.717, 1.165) is 15.7 Å². The topological polar surface area (TPSA) is 71.8 Å². The Bertz CT molecular complexity index is 504. The summed E-state index contributed by atoms with van der Waals surface area (Å²) in [5.74, 6) is -0.515. The SMILES string of the molecule is NC(=O)c1cc(Cc2ccc(Br)cc2)[nH]n1. The number of nitrogens with zero attached hydrogens (tertiary/aromatic N) is 1. The molecule has 3 N–H and O–H groups in total. The van der Waals surface area contributed by atoms with E-state index in [1.165, 1.54) is 0 Å². The minimum Gasteiger partial charge on any atom is -0.364 e. The summed E-state index contributed by atoms with van der Waals surface area (Å²) in [6, 6.07) is 9.63. The van der Waals surface area contributed by atoms with Crippen LogP contribution in [-0.4, -0.2) is 16.1 Å². The van der Waals surface area contributed by atoms with Crippen LogP contribution in [0.15, 0.2) is 34.8 Å². The van der Waals surface area contributed by atoms with Gasteiger partial charge < -0.3 is 5.73 Å². The first kappa shape index (κ1) is 10.9. The first-order valence-electron chi connectivity index (χ1n) is 4.73. The van der Waals surface area contributed by atoms with Crippen molar-refractivity contribution in [2.24, 2.45) is 5.73 Å². The minimum absolute atomic E-state index is 0.270. The van der Waals surface area contributed by atoms with E-state index in [1.54, 1.807) is 6.07 Å². The number of halogens is 1. The Morgan fingerprint density at radius 2 is 2.06 bits per heavy atom. The first-order chi connectivity index (χ1) is 7.65. The fraction of sp³-hybridized carbons (Fsp3) is 0.0909. The highest BCUT2D eigenvalue weighted by atomic mass is 79.9. The van der Waals surface area contributed by atoms with E-state index in [2.05, 4.69) is 26.1 Å². The Kier molecular flexibility index (Phi) is 3.05. The summed E-state index contributed by atoms with van der Waals surface area (Å²) < 4.78 is 1.04. The van der Waals surface area contributed by atoms with Crippen molar-refractivity contribution in [1.29, 1.82) is 0 Å². The number of amides is 1. The van der Waals surface area contributed by atoms with Gasteiger partial charge in [-0.2, -0.15) is 5.10 Å². The van der Waals surface area contributed by atoms with Crippen LogP contribution >= 0.6 is 15.9 Å². The van der Waals surface area contributed by atoms with E-state index < -0.39 is 5.91 Å². The minimum atomic E-state index is -0.515. The Morgan fingerprint density at radius 1 is 1.38 bits per heavy atom. The van der Waals surface area contributed by atoms with Crippen LogP contribution in [0.5, 0.6) is 0 Å². The van der Waals surface area contributed by atoms with Crippen LogP contribution in [0.3, 0.4) is 0 Å². The number of H-pyrrole nitrogens is 1. The second-order valence-corrected chi connectivity index (χ2v) is 4.36. The molecule has 4 nitrogen and oxygen atoms in total. The third-order valence-electron chi connectivity index (χ3n) is 2.19. The lowest BCUT2D eigenvalue weighted by molar-refractivity contribution is 0.0995. The van der Waals surface area contributed by atoms with Crippen LogP contribution in [0, 0.1) is 0 Å².